The van der Waals surface area contributed by atoms with Gasteiger partial charge < -0.3 is 5.32 Å². The number of rotatable bonds is 3. The maximum atomic E-state index is 11.9. The van der Waals surface area contributed by atoms with Gasteiger partial charge in [0.2, 0.25) is 5.95 Å². The number of hydrogen-bond acceptors (Lipinski definition) is 3. The number of aryl methyl sites for hydroxylation is 2. The number of nitrogens with zero attached hydrogens (tertiary/aromatic N) is 1. The molecular formula is C18H16BrN3O. The minimum atomic E-state index is -0.193. The molecule has 3 aromatic rings. The number of anilines is 2. The number of nitrogens with one attached hydrogen (secondary N) is 2. The molecule has 23 heavy (non-hydrogen) atoms. The summed E-state index contributed by atoms with van der Waals surface area (Å²) >= 11 is 3.51. The highest BCUT2D eigenvalue weighted by Gasteiger charge is 2.06. The first-order valence-electron chi connectivity index (χ1n) is 7.23. The first-order valence-corrected chi connectivity index (χ1v) is 8.02. The molecule has 116 valence electrons. The fourth-order valence-corrected chi connectivity index (χ4v) is 2.83. The van der Waals surface area contributed by atoms with Crippen molar-refractivity contribution in [3.05, 3.63) is 74.5 Å². The minimum Gasteiger partial charge on any atom is -0.325 e. The number of H-pyrrole nitrogens is 1. The van der Waals surface area contributed by atoms with Crippen molar-refractivity contribution >= 4 is 27.6 Å². The van der Waals surface area contributed by atoms with Crippen molar-refractivity contribution in [3.63, 3.8) is 0 Å². The summed E-state index contributed by atoms with van der Waals surface area (Å²) in [5.41, 5.74) is 4.52. The van der Waals surface area contributed by atoms with Crippen molar-refractivity contribution in [1.82, 2.24) is 9.97 Å². The third-order valence-electron chi connectivity index (χ3n) is 3.47. The second kappa shape index (κ2) is 6.38. The lowest BCUT2D eigenvalue weighted by atomic mass is 10.1. The summed E-state index contributed by atoms with van der Waals surface area (Å²) in [6.07, 6.45) is 0. The molecule has 0 radical (unpaired) electrons. The topological polar surface area (TPSA) is 57.8 Å². The van der Waals surface area contributed by atoms with Gasteiger partial charge in [0.1, 0.15) is 0 Å². The summed E-state index contributed by atoms with van der Waals surface area (Å²) in [6.45, 7) is 4.05. The van der Waals surface area contributed by atoms with Crippen molar-refractivity contribution in [2.75, 3.05) is 5.32 Å². The molecule has 5 heteroatoms. The molecule has 0 saturated carbocycles. The van der Waals surface area contributed by atoms with Gasteiger partial charge in [-0.25, -0.2) is 4.98 Å². The molecule has 0 bridgehead atoms. The van der Waals surface area contributed by atoms with Gasteiger partial charge in [0.25, 0.3) is 5.56 Å². The van der Waals surface area contributed by atoms with Crippen LogP contribution in [0.4, 0.5) is 11.6 Å². The van der Waals surface area contributed by atoms with E-state index in [0.29, 0.717) is 11.6 Å². The molecule has 3 rings (SSSR count). The lowest BCUT2D eigenvalue weighted by Crippen LogP contribution is -2.10. The van der Waals surface area contributed by atoms with Crippen LogP contribution in [0.1, 0.15) is 11.1 Å². The molecule has 0 amide bonds. The highest BCUT2D eigenvalue weighted by atomic mass is 79.9. The number of hydrogen-bond donors (Lipinski definition) is 2. The molecular weight excluding hydrogens is 354 g/mol. The van der Waals surface area contributed by atoms with Crippen LogP contribution in [0.3, 0.4) is 0 Å². The van der Waals surface area contributed by atoms with Gasteiger partial charge in [-0.3, -0.25) is 9.78 Å². The Balaban J connectivity index is 1.97. The van der Waals surface area contributed by atoms with Gasteiger partial charge in [-0.15, -0.1) is 0 Å². The van der Waals surface area contributed by atoms with Crippen molar-refractivity contribution in [2.45, 2.75) is 13.8 Å². The molecule has 1 heterocycles. The second-order valence-corrected chi connectivity index (χ2v) is 6.31. The molecule has 2 aromatic carbocycles. The molecule has 0 fully saturated rings. The highest BCUT2D eigenvalue weighted by Crippen LogP contribution is 2.26. The van der Waals surface area contributed by atoms with Crippen LogP contribution in [0.2, 0.25) is 0 Å². The van der Waals surface area contributed by atoms with E-state index in [1.54, 1.807) is 0 Å². The van der Waals surface area contributed by atoms with E-state index in [2.05, 4.69) is 31.2 Å². The smallest absolute Gasteiger partial charge is 0.252 e. The van der Waals surface area contributed by atoms with Gasteiger partial charge in [-0.05, 0) is 47.5 Å². The zero-order valence-corrected chi connectivity index (χ0v) is 14.4. The van der Waals surface area contributed by atoms with Gasteiger partial charge >= 0.3 is 0 Å². The Hall–Kier alpha value is -2.40. The van der Waals surface area contributed by atoms with Gasteiger partial charge in [-0.1, -0.05) is 35.9 Å². The highest BCUT2D eigenvalue weighted by molar-refractivity contribution is 9.10. The summed E-state index contributed by atoms with van der Waals surface area (Å²) in [5.74, 6) is 0.414. The zero-order chi connectivity index (χ0) is 16.4. The van der Waals surface area contributed by atoms with Crippen LogP contribution >= 0.6 is 15.9 Å². The Bertz CT molecular complexity index is 901. The van der Waals surface area contributed by atoms with Gasteiger partial charge in [-0.2, -0.15) is 0 Å². The van der Waals surface area contributed by atoms with E-state index in [1.165, 1.54) is 11.6 Å². The first-order chi connectivity index (χ1) is 11.0. The summed E-state index contributed by atoms with van der Waals surface area (Å²) < 4.78 is 0.917. The molecule has 0 aliphatic heterocycles. The van der Waals surface area contributed by atoms with E-state index in [1.807, 2.05) is 56.3 Å². The number of aromatic nitrogens is 2. The van der Waals surface area contributed by atoms with Crippen LogP contribution in [0.25, 0.3) is 11.3 Å². The number of halogens is 1. The lowest BCUT2D eigenvalue weighted by molar-refractivity contribution is 1.12. The normalized spacial score (nSPS) is 10.6. The predicted molar refractivity (Wildman–Crippen MR) is 97.2 cm³/mol. The Morgan fingerprint density at radius 2 is 1.70 bits per heavy atom. The van der Waals surface area contributed by atoms with E-state index in [-0.39, 0.29) is 5.56 Å². The molecule has 1 aromatic heterocycles. The Morgan fingerprint density at radius 1 is 1.00 bits per heavy atom. The van der Waals surface area contributed by atoms with E-state index in [9.17, 15) is 4.79 Å². The Kier molecular flexibility index (Phi) is 4.30. The molecule has 0 aliphatic carbocycles. The zero-order valence-electron chi connectivity index (χ0n) is 12.9. The molecule has 0 aliphatic rings. The standard InChI is InChI=1S/C18H16BrN3O/c1-11-3-6-13(7-4-11)16-10-17(23)22-18(21-16)20-15-8-5-12(2)9-14(15)19/h3-10H,1-2H3,(H2,20,21,22,23). The number of benzene rings is 2. The molecule has 2 N–H and O–H groups in total. The quantitative estimate of drug-likeness (QED) is 0.711. The average molecular weight is 370 g/mol. The van der Waals surface area contributed by atoms with E-state index < -0.39 is 0 Å². The Labute approximate surface area is 142 Å². The molecule has 4 nitrogen and oxygen atoms in total. The van der Waals surface area contributed by atoms with E-state index >= 15 is 0 Å². The Morgan fingerprint density at radius 3 is 2.39 bits per heavy atom. The third-order valence-corrected chi connectivity index (χ3v) is 4.12. The van der Waals surface area contributed by atoms with Gasteiger partial charge in [0.15, 0.2) is 0 Å². The van der Waals surface area contributed by atoms with Crippen LogP contribution in [-0.4, -0.2) is 9.97 Å². The first kappa shape index (κ1) is 15.5. The van der Waals surface area contributed by atoms with E-state index in [4.69, 9.17) is 0 Å². The summed E-state index contributed by atoms with van der Waals surface area (Å²) in [4.78, 5) is 19.2. The van der Waals surface area contributed by atoms with E-state index in [0.717, 1.165) is 21.3 Å². The molecule has 0 unspecified atom stereocenters. The van der Waals surface area contributed by atoms with Gasteiger partial charge in [0.05, 0.1) is 11.4 Å². The SMILES string of the molecule is Cc1ccc(-c2cc(=O)[nH]c(Nc3ccc(C)cc3Br)n2)cc1. The lowest BCUT2D eigenvalue weighted by Gasteiger charge is -2.09. The maximum Gasteiger partial charge on any atom is 0.252 e. The second-order valence-electron chi connectivity index (χ2n) is 5.45. The molecule has 0 atom stereocenters. The van der Waals surface area contributed by atoms with Crippen molar-refractivity contribution in [1.29, 1.82) is 0 Å². The van der Waals surface area contributed by atoms with Crippen LogP contribution in [0.15, 0.2) is 57.8 Å². The van der Waals surface area contributed by atoms with Crippen LogP contribution in [0, 0.1) is 13.8 Å². The monoisotopic (exact) mass is 369 g/mol. The van der Waals surface area contributed by atoms with Gasteiger partial charge in [0, 0.05) is 16.1 Å². The summed E-state index contributed by atoms with van der Waals surface area (Å²) in [5, 5.41) is 3.15. The van der Waals surface area contributed by atoms with Crippen LogP contribution < -0.4 is 10.9 Å². The molecule has 0 spiro atoms. The number of aromatic amines is 1. The summed E-state index contributed by atoms with van der Waals surface area (Å²) in [6, 6.07) is 15.4. The fraction of sp³-hybridized carbons (Fsp3) is 0.111. The summed E-state index contributed by atoms with van der Waals surface area (Å²) in [7, 11) is 0. The fourth-order valence-electron chi connectivity index (χ4n) is 2.24. The minimum absolute atomic E-state index is 0.193. The van der Waals surface area contributed by atoms with Crippen molar-refractivity contribution < 1.29 is 0 Å². The average Bonchev–Trinajstić information content (AvgIpc) is 2.50. The molecule has 0 saturated heterocycles. The third kappa shape index (κ3) is 3.68. The van der Waals surface area contributed by atoms with Crippen molar-refractivity contribution in [3.8, 4) is 11.3 Å². The van der Waals surface area contributed by atoms with Crippen LogP contribution in [0.5, 0.6) is 0 Å². The largest absolute Gasteiger partial charge is 0.325 e. The predicted octanol–water partition coefficient (Wildman–Crippen LogP) is 4.56. The van der Waals surface area contributed by atoms with Crippen molar-refractivity contribution in [2.24, 2.45) is 0 Å². The van der Waals surface area contributed by atoms with Crippen LogP contribution in [-0.2, 0) is 0 Å². The maximum absolute atomic E-state index is 11.9.